The zero-order chi connectivity index (χ0) is 29.5. The topological polar surface area (TPSA) is 116 Å². The van der Waals surface area contributed by atoms with Crippen molar-refractivity contribution in [2.45, 2.75) is 57.3 Å². The first-order chi connectivity index (χ1) is 19.6. The maximum absolute atomic E-state index is 14.4. The van der Waals surface area contributed by atoms with Crippen molar-refractivity contribution in [3.05, 3.63) is 59.7 Å². The van der Waals surface area contributed by atoms with Gasteiger partial charge in [-0.25, -0.2) is 4.99 Å². The fourth-order valence-corrected chi connectivity index (χ4v) is 4.88. The predicted molar refractivity (Wildman–Crippen MR) is 152 cm³/mol. The molecule has 2 aromatic rings. The molecule has 10 heteroatoms. The number of morpholine rings is 1. The predicted octanol–water partition coefficient (Wildman–Crippen LogP) is 3.69. The normalized spacial score (nSPS) is 20.7. The van der Waals surface area contributed by atoms with Crippen molar-refractivity contribution in [2.75, 3.05) is 46.6 Å². The Bertz CT molecular complexity index is 1220. The summed E-state index contributed by atoms with van der Waals surface area (Å²) in [6, 6.07) is 14.6. The number of amides is 1. The molecule has 2 aromatic carbocycles. The first-order valence-electron chi connectivity index (χ1n) is 14.0. The van der Waals surface area contributed by atoms with Crippen LogP contribution in [0.25, 0.3) is 0 Å². The van der Waals surface area contributed by atoms with E-state index in [4.69, 9.17) is 33.8 Å². The lowest BCUT2D eigenvalue weighted by atomic mass is 9.82. The van der Waals surface area contributed by atoms with E-state index in [2.05, 4.69) is 0 Å². The number of hydrogen-bond acceptors (Lipinski definition) is 9. The molecule has 1 saturated heterocycles. The third kappa shape index (κ3) is 7.56. The Morgan fingerprint density at radius 2 is 1.83 bits per heavy atom. The fraction of sp³-hybridized carbons (Fsp3) is 0.516. The minimum Gasteiger partial charge on any atom is -0.497 e. The molecule has 0 spiro atoms. The van der Waals surface area contributed by atoms with Crippen LogP contribution in [-0.2, 0) is 23.8 Å². The number of carbonyl (C=O) groups is 2. The molecule has 2 heterocycles. The van der Waals surface area contributed by atoms with Crippen molar-refractivity contribution in [1.82, 2.24) is 4.90 Å². The van der Waals surface area contributed by atoms with Gasteiger partial charge in [0.15, 0.2) is 11.6 Å². The number of rotatable bonds is 11. The molecule has 1 fully saturated rings. The molecule has 2 aliphatic heterocycles. The highest BCUT2D eigenvalue weighted by atomic mass is 16.6. The Morgan fingerprint density at radius 3 is 2.49 bits per heavy atom. The van der Waals surface area contributed by atoms with Gasteiger partial charge in [-0.1, -0.05) is 12.1 Å². The van der Waals surface area contributed by atoms with Crippen molar-refractivity contribution >= 4 is 17.8 Å². The summed E-state index contributed by atoms with van der Waals surface area (Å²) in [6.07, 6.45) is -0.216. The summed E-state index contributed by atoms with van der Waals surface area (Å²) in [6.45, 7) is 7.56. The molecule has 0 bridgehead atoms. The first-order valence-corrected chi connectivity index (χ1v) is 14.0. The van der Waals surface area contributed by atoms with Gasteiger partial charge in [0.1, 0.15) is 17.1 Å². The number of hydrogen-bond donors (Lipinski definition) is 1. The zero-order valence-electron chi connectivity index (χ0n) is 24.3. The van der Waals surface area contributed by atoms with E-state index in [1.807, 2.05) is 57.2 Å². The van der Waals surface area contributed by atoms with Gasteiger partial charge in [0.25, 0.3) is 5.91 Å². The van der Waals surface area contributed by atoms with E-state index in [-0.39, 0.29) is 25.4 Å². The van der Waals surface area contributed by atoms with E-state index in [1.54, 1.807) is 24.1 Å². The molecule has 2 atom stereocenters. The Balaban J connectivity index is 1.75. The molecule has 1 amide bonds. The zero-order valence-corrected chi connectivity index (χ0v) is 24.3. The lowest BCUT2D eigenvalue weighted by Gasteiger charge is -2.37. The highest BCUT2D eigenvalue weighted by Crippen LogP contribution is 2.45. The van der Waals surface area contributed by atoms with Crippen molar-refractivity contribution in [3.63, 3.8) is 0 Å². The number of carbonyl (C=O) groups excluding carboxylic acids is 2. The van der Waals surface area contributed by atoms with Crippen molar-refractivity contribution in [2.24, 2.45) is 4.99 Å². The Morgan fingerprint density at radius 1 is 1.10 bits per heavy atom. The average Bonchev–Trinajstić information content (AvgIpc) is 3.37. The molecular formula is C31H40N2O8. The molecule has 222 valence electrons. The lowest BCUT2D eigenvalue weighted by molar-refractivity contribution is -0.156. The number of aliphatic hydroxyl groups is 1. The van der Waals surface area contributed by atoms with E-state index in [9.17, 15) is 9.59 Å². The van der Waals surface area contributed by atoms with Gasteiger partial charge in [-0.2, -0.15) is 0 Å². The van der Waals surface area contributed by atoms with Crippen LogP contribution in [0, 0.1) is 0 Å². The van der Waals surface area contributed by atoms with Crippen LogP contribution in [0.1, 0.15) is 57.3 Å². The number of esters is 1. The number of aliphatic imine (C=N–C) groups is 1. The minimum absolute atomic E-state index is 0.0222. The molecule has 0 aromatic heterocycles. The summed E-state index contributed by atoms with van der Waals surface area (Å²) in [7, 11) is 1.58. The van der Waals surface area contributed by atoms with E-state index in [1.165, 1.54) is 0 Å². The summed E-state index contributed by atoms with van der Waals surface area (Å²) in [5, 5.41) is 9.02. The van der Waals surface area contributed by atoms with Crippen LogP contribution >= 0.6 is 0 Å². The molecule has 0 saturated carbocycles. The lowest BCUT2D eigenvalue weighted by Crippen LogP contribution is -2.53. The second-order valence-corrected chi connectivity index (χ2v) is 11.1. The Kier molecular flexibility index (Phi) is 9.88. The maximum Gasteiger partial charge on any atom is 0.306 e. The molecule has 0 radical (unpaired) electrons. The van der Waals surface area contributed by atoms with Gasteiger partial charge in [-0.15, -0.1) is 0 Å². The Hall–Kier alpha value is -3.63. The van der Waals surface area contributed by atoms with E-state index < -0.39 is 23.2 Å². The minimum atomic E-state index is -1.42. The van der Waals surface area contributed by atoms with Crippen LogP contribution in [0.2, 0.25) is 0 Å². The Labute approximate surface area is 241 Å². The number of nitrogens with zero attached hydrogens (tertiary/aromatic N) is 2. The van der Waals surface area contributed by atoms with Gasteiger partial charge < -0.3 is 33.7 Å². The third-order valence-electron chi connectivity index (χ3n) is 6.83. The second kappa shape index (κ2) is 13.4. The smallest absolute Gasteiger partial charge is 0.306 e. The van der Waals surface area contributed by atoms with Crippen LogP contribution in [0.4, 0.5) is 0 Å². The fourth-order valence-electron chi connectivity index (χ4n) is 4.88. The molecule has 4 rings (SSSR count). The maximum atomic E-state index is 14.4. The molecular weight excluding hydrogens is 528 g/mol. The van der Waals surface area contributed by atoms with Gasteiger partial charge in [0.2, 0.25) is 5.90 Å². The molecule has 10 nitrogen and oxygen atoms in total. The van der Waals surface area contributed by atoms with E-state index >= 15 is 0 Å². The van der Waals surface area contributed by atoms with Crippen molar-refractivity contribution in [1.29, 1.82) is 0 Å². The van der Waals surface area contributed by atoms with E-state index in [0.29, 0.717) is 67.9 Å². The van der Waals surface area contributed by atoms with Gasteiger partial charge in [-0.3, -0.25) is 9.59 Å². The molecule has 1 N–H and O–H groups in total. The van der Waals surface area contributed by atoms with Gasteiger partial charge in [0, 0.05) is 38.1 Å². The number of ether oxygens (including phenoxy) is 5. The highest BCUT2D eigenvalue weighted by Gasteiger charge is 2.55. The summed E-state index contributed by atoms with van der Waals surface area (Å²) < 4.78 is 28.7. The molecule has 41 heavy (non-hydrogen) atoms. The first kappa shape index (κ1) is 30.3. The van der Waals surface area contributed by atoms with Crippen molar-refractivity contribution < 1.29 is 38.4 Å². The van der Waals surface area contributed by atoms with Crippen molar-refractivity contribution in [3.8, 4) is 11.5 Å². The van der Waals surface area contributed by atoms with E-state index in [0.717, 1.165) is 0 Å². The largest absolute Gasteiger partial charge is 0.497 e. The summed E-state index contributed by atoms with van der Waals surface area (Å²) in [5.74, 6) is 0.917. The van der Waals surface area contributed by atoms with Crippen LogP contribution in [0.5, 0.6) is 11.5 Å². The molecule has 2 aliphatic rings. The van der Waals surface area contributed by atoms with Crippen LogP contribution < -0.4 is 9.47 Å². The quantitative estimate of drug-likeness (QED) is 0.322. The number of aliphatic hydroxyl groups excluding tert-OH is 1. The molecule has 0 aliphatic carbocycles. The van der Waals surface area contributed by atoms with Crippen LogP contribution in [0.3, 0.4) is 0 Å². The summed E-state index contributed by atoms with van der Waals surface area (Å²) >= 11 is 0. The number of methoxy groups -OCH3 is 1. The molecule has 0 unspecified atom stereocenters. The summed E-state index contributed by atoms with van der Waals surface area (Å²) in [4.78, 5) is 34.0. The standard InChI is InChI=1S/C31H40N2O8/c1-30(2,3)41-26(35)13-14-31(29(36)33-15-19-38-20-16-33)27(23-7-5-8-25(21-23)37-4)40-28(32-31)22-9-11-24(12-10-22)39-18-6-17-34/h5,7-12,21,27,34H,6,13-20H2,1-4H3/t27-,31-/m1/s1. The number of benzene rings is 2. The average molecular weight is 569 g/mol. The third-order valence-corrected chi connectivity index (χ3v) is 6.83. The second-order valence-electron chi connectivity index (χ2n) is 11.1. The van der Waals surface area contributed by atoms with Crippen LogP contribution in [0.15, 0.2) is 53.5 Å². The van der Waals surface area contributed by atoms with Gasteiger partial charge >= 0.3 is 5.97 Å². The SMILES string of the molecule is COc1cccc([C@H]2OC(c3ccc(OCCCO)cc3)=N[C@@]2(CCC(=O)OC(C)(C)C)C(=O)N2CCOCC2)c1. The van der Waals surface area contributed by atoms with Gasteiger partial charge in [-0.05, 0) is 69.2 Å². The summed E-state index contributed by atoms with van der Waals surface area (Å²) in [5.41, 5.74) is -0.711. The van der Waals surface area contributed by atoms with Crippen LogP contribution in [-0.4, -0.2) is 85.5 Å². The monoisotopic (exact) mass is 568 g/mol. The highest BCUT2D eigenvalue weighted by molar-refractivity contribution is 6.01. The van der Waals surface area contributed by atoms with Gasteiger partial charge in [0.05, 0.1) is 26.9 Å².